The zero-order chi connectivity index (χ0) is 20.0. The molecule has 0 aliphatic carbocycles. The maximum Gasteiger partial charge on any atom is 0.232 e. The Kier molecular flexibility index (Phi) is 6.67. The van der Waals surface area contributed by atoms with Gasteiger partial charge in [0.25, 0.3) is 0 Å². The summed E-state index contributed by atoms with van der Waals surface area (Å²) in [7, 11) is 0. The first-order valence-electron chi connectivity index (χ1n) is 10.1. The number of aromatic nitrogens is 2. The maximum absolute atomic E-state index is 5.37. The summed E-state index contributed by atoms with van der Waals surface area (Å²) in [6.45, 7) is 14.5. The fourth-order valence-corrected chi connectivity index (χ4v) is 3.15. The van der Waals surface area contributed by atoms with Crippen LogP contribution >= 0.6 is 0 Å². The van der Waals surface area contributed by atoms with Crippen molar-refractivity contribution in [2.45, 2.75) is 46.2 Å². The summed E-state index contributed by atoms with van der Waals surface area (Å²) >= 11 is 0. The molecule has 0 radical (unpaired) electrons. The van der Waals surface area contributed by atoms with Gasteiger partial charge in [0.1, 0.15) is 6.54 Å². The molecule has 1 aromatic carbocycles. The Bertz CT molecular complexity index is 757. The predicted molar refractivity (Wildman–Crippen MR) is 111 cm³/mol. The van der Waals surface area contributed by atoms with Gasteiger partial charge in [0.2, 0.25) is 5.89 Å². The van der Waals surface area contributed by atoms with Crippen LogP contribution in [-0.2, 0) is 18.5 Å². The molecule has 0 atom stereocenters. The zero-order valence-corrected chi connectivity index (χ0v) is 17.5. The number of hydrogen-bond acceptors (Lipinski definition) is 5. The van der Waals surface area contributed by atoms with Crippen LogP contribution in [0.1, 0.15) is 45.0 Å². The molecular formula is C21H32N6O. The quantitative estimate of drug-likeness (QED) is 0.631. The molecule has 0 spiro atoms. The number of hydrogen-bond donors (Lipinski definition) is 1. The minimum atomic E-state index is -0.144. The molecule has 0 amide bonds. The molecule has 1 N–H and O–H groups in total. The van der Waals surface area contributed by atoms with E-state index < -0.39 is 0 Å². The minimum absolute atomic E-state index is 0.144. The van der Waals surface area contributed by atoms with Gasteiger partial charge in [0.05, 0.1) is 0 Å². The van der Waals surface area contributed by atoms with E-state index in [1.165, 1.54) is 5.56 Å². The molecule has 0 bridgehead atoms. The SMILES string of the molecule is CCNC(=NCc1noc(C(C)(C)C)n1)N1CCN(Cc2ccccc2)CC1. The van der Waals surface area contributed by atoms with E-state index in [0.717, 1.165) is 45.2 Å². The van der Waals surface area contributed by atoms with Gasteiger partial charge in [0, 0.05) is 44.7 Å². The fourth-order valence-electron chi connectivity index (χ4n) is 3.15. The average Bonchev–Trinajstić information content (AvgIpc) is 3.16. The summed E-state index contributed by atoms with van der Waals surface area (Å²) in [6, 6.07) is 10.6. The Hall–Kier alpha value is -2.41. The van der Waals surface area contributed by atoms with Crippen molar-refractivity contribution in [1.29, 1.82) is 0 Å². The molecule has 7 heteroatoms. The van der Waals surface area contributed by atoms with E-state index in [4.69, 9.17) is 9.52 Å². The van der Waals surface area contributed by atoms with Crippen LogP contribution in [0.25, 0.3) is 0 Å². The van der Waals surface area contributed by atoms with E-state index in [-0.39, 0.29) is 5.41 Å². The van der Waals surface area contributed by atoms with Gasteiger partial charge in [0.15, 0.2) is 11.8 Å². The highest BCUT2D eigenvalue weighted by Crippen LogP contribution is 2.19. The van der Waals surface area contributed by atoms with Crippen molar-refractivity contribution in [2.24, 2.45) is 4.99 Å². The largest absolute Gasteiger partial charge is 0.357 e. The standard InChI is InChI=1S/C21H32N6O/c1-5-22-20(23-15-18-24-19(28-25-18)21(2,3)4)27-13-11-26(12-14-27)16-17-9-7-6-8-10-17/h6-10H,5,11-16H2,1-4H3,(H,22,23). The first-order valence-corrected chi connectivity index (χ1v) is 10.1. The Morgan fingerprint density at radius 3 is 2.46 bits per heavy atom. The molecule has 1 fully saturated rings. The van der Waals surface area contributed by atoms with Gasteiger partial charge in [-0.3, -0.25) is 4.90 Å². The number of nitrogens with zero attached hydrogens (tertiary/aromatic N) is 5. The molecule has 0 unspecified atom stereocenters. The first kappa shape index (κ1) is 20.3. The van der Waals surface area contributed by atoms with E-state index in [1.807, 2.05) is 0 Å². The Morgan fingerprint density at radius 1 is 1.14 bits per heavy atom. The number of guanidine groups is 1. The first-order chi connectivity index (χ1) is 13.5. The molecule has 1 aliphatic heterocycles. The van der Waals surface area contributed by atoms with Crippen LogP contribution in [0, 0.1) is 0 Å². The second-order valence-electron chi connectivity index (χ2n) is 8.18. The highest BCUT2D eigenvalue weighted by atomic mass is 16.5. The van der Waals surface area contributed by atoms with Crippen molar-refractivity contribution in [2.75, 3.05) is 32.7 Å². The Balaban J connectivity index is 1.57. The Labute approximate surface area is 167 Å². The molecule has 0 saturated carbocycles. The van der Waals surface area contributed by atoms with Gasteiger partial charge >= 0.3 is 0 Å². The van der Waals surface area contributed by atoms with E-state index in [9.17, 15) is 0 Å². The van der Waals surface area contributed by atoms with E-state index >= 15 is 0 Å². The summed E-state index contributed by atoms with van der Waals surface area (Å²) < 4.78 is 5.37. The third-order valence-corrected chi connectivity index (χ3v) is 4.74. The summed E-state index contributed by atoms with van der Waals surface area (Å²) in [5.41, 5.74) is 1.22. The molecule has 2 aromatic rings. The predicted octanol–water partition coefficient (Wildman–Crippen LogP) is 2.65. The van der Waals surface area contributed by atoms with Crippen molar-refractivity contribution in [3.63, 3.8) is 0 Å². The van der Waals surface area contributed by atoms with Crippen molar-refractivity contribution in [1.82, 2.24) is 25.3 Å². The van der Waals surface area contributed by atoms with Crippen LogP contribution < -0.4 is 5.32 Å². The summed E-state index contributed by atoms with van der Waals surface area (Å²) in [4.78, 5) is 14.0. The van der Waals surface area contributed by atoms with Crippen LogP contribution in [0.5, 0.6) is 0 Å². The number of nitrogens with one attached hydrogen (secondary N) is 1. The van der Waals surface area contributed by atoms with Gasteiger partial charge in [-0.05, 0) is 12.5 Å². The normalized spacial score (nSPS) is 16.4. The lowest BCUT2D eigenvalue weighted by molar-refractivity contribution is 0.172. The van der Waals surface area contributed by atoms with Gasteiger partial charge < -0.3 is 14.7 Å². The van der Waals surface area contributed by atoms with Crippen LogP contribution in [0.3, 0.4) is 0 Å². The number of piperazine rings is 1. The average molecular weight is 385 g/mol. The topological polar surface area (TPSA) is 69.8 Å². The molecule has 1 saturated heterocycles. The number of aliphatic imine (C=N–C) groups is 1. The Morgan fingerprint density at radius 2 is 1.86 bits per heavy atom. The lowest BCUT2D eigenvalue weighted by atomic mass is 9.97. The monoisotopic (exact) mass is 384 g/mol. The minimum Gasteiger partial charge on any atom is -0.357 e. The van der Waals surface area contributed by atoms with Crippen molar-refractivity contribution < 1.29 is 4.52 Å². The van der Waals surface area contributed by atoms with E-state index in [2.05, 4.69) is 83.3 Å². The molecule has 152 valence electrons. The van der Waals surface area contributed by atoms with E-state index in [1.54, 1.807) is 0 Å². The van der Waals surface area contributed by atoms with Crippen molar-refractivity contribution in [3.8, 4) is 0 Å². The third kappa shape index (κ3) is 5.55. The van der Waals surface area contributed by atoms with E-state index in [0.29, 0.717) is 18.3 Å². The lowest BCUT2D eigenvalue weighted by Crippen LogP contribution is -2.52. The van der Waals surface area contributed by atoms with Crippen molar-refractivity contribution >= 4 is 5.96 Å². The number of rotatable bonds is 5. The summed E-state index contributed by atoms with van der Waals surface area (Å²) in [6.07, 6.45) is 0. The van der Waals surface area contributed by atoms with Gasteiger partial charge in [-0.1, -0.05) is 56.3 Å². The summed E-state index contributed by atoms with van der Waals surface area (Å²) in [5, 5.41) is 7.47. The molecule has 1 aliphatic rings. The van der Waals surface area contributed by atoms with Gasteiger partial charge in [-0.15, -0.1) is 0 Å². The second kappa shape index (κ2) is 9.19. The molecule has 3 rings (SSSR count). The molecule has 1 aromatic heterocycles. The van der Waals surface area contributed by atoms with Crippen LogP contribution in [0.2, 0.25) is 0 Å². The molecular weight excluding hydrogens is 352 g/mol. The highest BCUT2D eigenvalue weighted by Gasteiger charge is 2.22. The van der Waals surface area contributed by atoms with Crippen LogP contribution in [0.15, 0.2) is 39.8 Å². The third-order valence-electron chi connectivity index (χ3n) is 4.74. The van der Waals surface area contributed by atoms with Gasteiger partial charge in [-0.2, -0.15) is 4.98 Å². The maximum atomic E-state index is 5.37. The second-order valence-corrected chi connectivity index (χ2v) is 8.18. The zero-order valence-electron chi connectivity index (χ0n) is 17.5. The molecule has 28 heavy (non-hydrogen) atoms. The van der Waals surface area contributed by atoms with Crippen LogP contribution in [-0.4, -0.2) is 58.6 Å². The number of benzene rings is 1. The summed E-state index contributed by atoms with van der Waals surface area (Å²) in [5.74, 6) is 2.20. The molecule has 7 nitrogen and oxygen atoms in total. The lowest BCUT2D eigenvalue weighted by Gasteiger charge is -2.36. The van der Waals surface area contributed by atoms with Crippen molar-refractivity contribution in [3.05, 3.63) is 47.6 Å². The molecule has 2 heterocycles. The van der Waals surface area contributed by atoms with Gasteiger partial charge in [-0.25, -0.2) is 4.99 Å². The highest BCUT2D eigenvalue weighted by molar-refractivity contribution is 5.80. The van der Waals surface area contributed by atoms with Crippen LogP contribution in [0.4, 0.5) is 0 Å². The fraction of sp³-hybridized carbons (Fsp3) is 0.571. The smallest absolute Gasteiger partial charge is 0.232 e.